The average Bonchev–Trinajstić information content (AvgIpc) is 2.54. The minimum Gasteiger partial charge on any atom is -0.333 e. The molecule has 7 heteroatoms. The van der Waals surface area contributed by atoms with Crippen molar-refractivity contribution in [3.8, 4) is 0 Å². The highest BCUT2D eigenvalue weighted by atomic mass is 79.9. The number of aromatic nitrogens is 1. The Labute approximate surface area is 142 Å². The van der Waals surface area contributed by atoms with E-state index < -0.39 is 6.03 Å². The van der Waals surface area contributed by atoms with E-state index in [1.807, 2.05) is 31.2 Å². The number of nitrogens with zero attached hydrogens (tertiary/aromatic N) is 1. The summed E-state index contributed by atoms with van der Waals surface area (Å²) in [6, 6.07) is 10.6. The fourth-order valence-corrected chi connectivity index (χ4v) is 2.33. The highest BCUT2D eigenvalue weighted by Crippen LogP contribution is 2.19. The summed E-state index contributed by atoms with van der Waals surface area (Å²) in [6.07, 6.45) is 1.66. The Kier molecular flexibility index (Phi) is 6.10. The second kappa shape index (κ2) is 8.28. The standard InChI is InChI=1S/C16H17BrN4O2/c1-11-8-12(17)5-6-14(11)21-15(22)10-20-16(23)19-9-13-4-2-3-7-18-13/h2-8H,9-10H2,1H3,(H,21,22)(H2,19,20,23). The molecule has 0 fully saturated rings. The zero-order chi connectivity index (χ0) is 16.7. The molecule has 23 heavy (non-hydrogen) atoms. The van der Waals surface area contributed by atoms with Crippen LogP contribution < -0.4 is 16.0 Å². The average molecular weight is 377 g/mol. The van der Waals surface area contributed by atoms with E-state index in [1.54, 1.807) is 18.3 Å². The zero-order valence-corrected chi connectivity index (χ0v) is 14.2. The molecule has 0 aliphatic rings. The molecule has 1 aromatic heterocycles. The third-order valence-electron chi connectivity index (χ3n) is 3.03. The normalized spacial score (nSPS) is 10.0. The van der Waals surface area contributed by atoms with E-state index in [1.165, 1.54) is 0 Å². The van der Waals surface area contributed by atoms with Crippen LogP contribution in [-0.4, -0.2) is 23.5 Å². The van der Waals surface area contributed by atoms with Crippen LogP contribution in [0.2, 0.25) is 0 Å². The summed E-state index contributed by atoms with van der Waals surface area (Å²) in [7, 11) is 0. The summed E-state index contributed by atoms with van der Waals surface area (Å²) in [5.41, 5.74) is 2.40. The van der Waals surface area contributed by atoms with Gasteiger partial charge in [0, 0.05) is 16.4 Å². The van der Waals surface area contributed by atoms with Gasteiger partial charge in [-0.15, -0.1) is 0 Å². The van der Waals surface area contributed by atoms with Crippen LogP contribution in [0.1, 0.15) is 11.3 Å². The van der Waals surface area contributed by atoms with Gasteiger partial charge in [-0.3, -0.25) is 9.78 Å². The van der Waals surface area contributed by atoms with E-state index in [4.69, 9.17) is 0 Å². The molecule has 1 aromatic carbocycles. The minimum absolute atomic E-state index is 0.108. The van der Waals surface area contributed by atoms with Crippen molar-refractivity contribution in [2.24, 2.45) is 0 Å². The summed E-state index contributed by atoms with van der Waals surface area (Å²) >= 11 is 3.37. The van der Waals surface area contributed by atoms with Crippen LogP contribution >= 0.6 is 15.9 Å². The predicted molar refractivity (Wildman–Crippen MR) is 92.0 cm³/mol. The second-order valence-electron chi connectivity index (χ2n) is 4.86. The summed E-state index contributed by atoms with van der Waals surface area (Å²) in [5.74, 6) is -0.289. The van der Waals surface area contributed by atoms with Crippen LogP contribution in [0.4, 0.5) is 10.5 Å². The molecule has 0 radical (unpaired) electrons. The van der Waals surface area contributed by atoms with Gasteiger partial charge in [0.05, 0.1) is 18.8 Å². The highest BCUT2D eigenvalue weighted by molar-refractivity contribution is 9.10. The number of carbonyl (C=O) groups excluding carboxylic acids is 2. The van der Waals surface area contributed by atoms with Gasteiger partial charge in [0.2, 0.25) is 5.91 Å². The molecule has 0 bridgehead atoms. The first-order valence-corrected chi connectivity index (χ1v) is 7.81. The fraction of sp³-hybridized carbons (Fsp3) is 0.188. The van der Waals surface area contributed by atoms with Crippen molar-refractivity contribution in [2.75, 3.05) is 11.9 Å². The first-order chi connectivity index (χ1) is 11.0. The van der Waals surface area contributed by atoms with Crippen LogP contribution in [0.25, 0.3) is 0 Å². The molecular formula is C16H17BrN4O2. The highest BCUT2D eigenvalue weighted by Gasteiger charge is 2.07. The second-order valence-corrected chi connectivity index (χ2v) is 5.78. The summed E-state index contributed by atoms with van der Waals surface area (Å²) < 4.78 is 0.944. The van der Waals surface area contributed by atoms with Crippen LogP contribution in [0.15, 0.2) is 47.1 Å². The first kappa shape index (κ1) is 17.0. The maximum absolute atomic E-state index is 11.9. The lowest BCUT2D eigenvalue weighted by Gasteiger charge is -2.10. The van der Waals surface area contributed by atoms with Crippen molar-refractivity contribution in [1.29, 1.82) is 0 Å². The molecule has 120 valence electrons. The molecule has 3 amide bonds. The molecular weight excluding hydrogens is 360 g/mol. The fourth-order valence-electron chi connectivity index (χ4n) is 1.86. The number of rotatable bonds is 5. The first-order valence-electron chi connectivity index (χ1n) is 7.02. The molecule has 0 saturated heterocycles. The lowest BCUT2D eigenvalue weighted by molar-refractivity contribution is -0.115. The van der Waals surface area contributed by atoms with E-state index >= 15 is 0 Å². The Morgan fingerprint density at radius 2 is 2.00 bits per heavy atom. The number of amides is 3. The van der Waals surface area contributed by atoms with Gasteiger partial charge in [-0.2, -0.15) is 0 Å². The number of carbonyl (C=O) groups is 2. The van der Waals surface area contributed by atoms with Crippen LogP contribution in [0.3, 0.4) is 0 Å². The quantitative estimate of drug-likeness (QED) is 0.749. The molecule has 6 nitrogen and oxygen atoms in total. The van der Waals surface area contributed by atoms with E-state index in [-0.39, 0.29) is 12.5 Å². The molecule has 1 heterocycles. The van der Waals surface area contributed by atoms with Gasteiger partial charge in [-0.05, 0) is 42.8 Å². The number of hydrogen-bond acceptors (Lipinski definition) is 3. The Bertz CT molecular complexity index is 692. The molecule has 2 rings (SSSR count). The Morgan fingerprint density at radius 1 is 1.17 bits per heavy atom. The number of nitrogens with one attached hydrogen (secondary N) is 3. The molecule has 0 aliphatic carbocycles. The van der Waals surface area contributed by atoms with Crippen LogP contribution in [0, 0.1) is 6.92 Å². The van der Waals surface area contributed by atoms with Gasteiger partial charge in [-0.25, -0.2) is 4.79 Å². The topological polar surface area (TPSA) is 83.1 Å². The predicted octanol–water partition coefficient (Wildman–Crippen LogP) is 2.59. The molecule has 2 aromatic rings. The number of aryl methyl sites for hydroxylation is 1. The Morgan fingerprint density at radius 3 is 2.70 bits per heavy atom. The number of benzene rings is 1. The van der Waals surface area contributed by atoms with Gasteiger partial charge < -0.3 is 16.0 Å². The van der Waals surface area contributed by atoms with Crippen molar-refractivity contribution in [2.45, 2.75) is 13.5 Å². The number of anilines is 1. The third kappa shape index (κ3) is 5.71. The lowest BCUT2D eigenvalue weighted by atomic mass is 10.2. The molecule has 0 unspecified atom stereocenters. The molecule has 3 N–H and O–H groups in total. The number of hydrogen-bond donors (Lipinski definition) is 3. The molecule has 0 saturated carbocycles. The van der Waals surface area contributed by atoms with E-state index in [0.717, 1.165) is 15.7 Å². The number of pyridine rings is 1. The summed E-state index contributed by atoms with van der Waals surface area (Å²) in [4.78, 5) is 27.6. The van der Waals surface area contributed by atoms with Crippen molar-refractivity contribution in [3.63, 3.8) is 0 Å². The Hall–Kier alpha value is -2.41. The summed E-state index contributed by atoms with van der Waals surface area (Å²) in [5, 5.41) is 7.89. The van der Waals surface area contributed by atoms with Crippen LogP contribution in [-0.2, 0) is 11.3 Å². The van der Waals surface area contributed by atoms with Gasteiger partial charge in [0.15, 0.2) is 0 Å². The lowest BCUT2D eigenvalue weighted by Crippen LogP contribution is -2.39. The van der Waals surface area contributed by atoms with Gasteiger partial charge in [-0.1, -0.05) is 22.0 Å². The van der Waals surface area contributed by atoms with Crippen molar-refractivity contribution >= 4 is 33.6 Å². The monoisotopic (exact) mass is 376 g/mol. The SMILES string of the molecule is Cc1cc(Br)ccc1NC(=O)CNC(=O)NCc1ccccn1. The van der Waals surface area contributed by atoms with Crippen molar-refractivity contribution < 1.29 is 9.59 Å². The minimum atomic E-state index is -0.418. The number of urea groups is 1. The van der Waals surface area contributed by atoms with E-state index in [0.29, 0.717) is 12.2 Å². The van der Waals surface area contributed by atoms with Crippen LogP contribution in [0.5, 0.6) is 0 Å². The van der Waals surface area contributed by atoms with Crippen molar-refractivity contribution in [1.82, 2.24) is 15.6 Å². The largest absolute Gasteiger partial charge is 0.333 e. The maximum atomic E-state index is 11.9. The molecule has 0 atom stereocenters. The smallest absolute Gasteiger partial charge is 0.315 e. The zero-order valence-electron chi connectivity index (χ0n) is 12.6. The summed E-state index contributed by atoms with van der Waals surface area (Å²) in [6.45, 7) is 2.09. The molecule has 0 aliphatic heterocycles. The van der Waals surface area contributed by atoms with E-state index in [9.17, 15) is 9.59 Å². The van der Waals surface area contributed by atoms with Gasteiger partial charge in [0.1, 0.15) is 0 Å². The van der Waals surface area contributed by atoms with Gasteiger partial charge >= 0.3 is 6.03 Å². The molecule has 0 spiro atoms. The number of halogens is 1. The maximum Gasteiger partial charge on any atom is 0.315 e. The van der Waals surface area contributed by atoms with E-state index in [2.05, 4.69) is 36.9 Å². The van der Waals surface area contributed by atoms with Gasteiger partial charge in [0.25, 0.3) is 0 Å². The Balaban J connectivity index is 1.74. The third-order valence-corrected chi connectivity index (χ3v) is 3.52. The van der Waals surface area contributed by atoms with Crippen molar-refractivity contribution in [3.05, 3.63) is 58.3 Å².